The first kappa shape index (κ1) is 19.2. The van der Waals surface area contributed by atoms with Crippen molar-refractivity contribution in [2.75, 3.05) is 0 Å². The van der Waals surface area contributed by atoms with E-state index in [1.807, 2.05) is 71.1 Å². The summed E-state index contributed by atoms with van der Waals surface area (Å²) in [4.78, 5) is 21.6. The van der Waals surface area contributed by atoms with Crippen molar-refractivity contribution in [1.82, 2.24) is 18.8 Å². The topological polar surface area (TPSA) is 128 Å². The summed E-state index contributed by atoms with van der Waals surface area (Å²) in [5, 5.41) is 7.73. The van der Waals surface area contributed by atoms with E-state index in [1.54, 1.807) is 10.6 Å². The first-order valence-corrected chi connectivity index (χ1v) is 9.79. The average molecular weight is 422 g/mol. The number of rotatable bonds is 5. The number of carbonyl (C=O) groups excluding carboxylic acids is 1. The highest BCUT2D eigenvalue weighted by Crippen LogP contribution is 2.28. The van der Waals surface area contributed by atoms with Gasteiger partial charge in [-0.3, -0.25) is 13.6 Å². The predicted octanol–water partition coefficient (Wildman–Crippen LogP) is 2.74. The van der Waals surface area contributed by atoms with E-state index in [0.717, 1.165) is 17.4 Å². The Bertz CT molecular complexity index is 1490. The highest BCUT2D eigenvalue weighted by molar-refractivity contribution is 5.91. The van der Waals surface area contributed by atoms with Gasteiger partial charge >= 0.3 is 0 Å². The number of nitrogens with two attached hydrogens (primary N) is 2. The van der Waals surface area contributed by atoms with Crippen molar-refractivity contribution in [1.29, 1.82) is 0 Å². The van der Waals surface area contributed by atoms with Crippen molar-refractivity contribution in [2.24, 2.45) is 21.7 Å². The number of aromatic nitrogens is 4. The van der Waals surface area contributed by atoms with Gasteiger partial charge in [0.2, 0.25) is 11.7 Å². The van der Waals surface area contributed by atoms with E-state index in [-0.39, 0.29) is 5.96 Å². The molecule has 0 aliphatic carbocycles. The van der Waals surface area contributed by atoms with Gasteiger partial charge in [0.05, 0.1) is 17.6 Å². The van der Waals surface area contributed by atoms with E-state index in [0.29, 0.717) is 34.2 Å². The maximum atomic E-state index is 12.0. The molecule has 0 amide bonds. The van der Waals surface area contributed by atoms with Gasteiger partial charge in [0.1, 0.15) is 17.0 Å². The van der Waals surface area contributed by atoms with Gasteiger partial charge in [-0.25, -0.2) is 9.97 Å². The number of hydrogen-bond donors (Lipinski definition) is 2. The molecule has 9 nitrogen and oxygen atoms in total. The van der Waals surface area contributed by atoms with Crippen molar-refractivity contribution in [3.8, 4) is 22.5 Å². The number of benzene rings is 2. The first-order valence-electron chi connectivity index (χ1n) is 9.79. The van der Waals surface area contributed by atoms with Crippen LogP contribution in [0.3, 0.4) is 0 Å². The van der Waals surface area contributed by atoms with Gasteiger partial charge in [-0.2, -0.15) is 5.10 Å². The van der Waals surface area contributed by atoms with E-state index >= 15 is 0 Å². The van der Waals surface area contributed by atoms with Gasteiger partial charge in [-0.1, -0.05) is 60.7 Å². The van der Waals surface area contributed by atoms with Gasteiger partial charge in [0.25, 0.3) is 0 Å². The fourth-order valence-electron chi connectivity index (χ4n) is 3.65. The molecule has 9 heteroatoms. The molecule has 4 N–H and O–H groups in total. The fourth-order valence-corrected chi connectivity index (χ4v) is 3.65. The number of guanidine groups is 1. The third kappa shape index (κ3) is 3.18. The summed E-state index contributed by atoms with van der Waals surface area (Å²) in [5.41, 5.74) is 15.6. The Kier molecular flexibility index (Phi) is 4.68. The molecule has 5 aromatic rings. The van der Waals surface area contributed by atoms with Crippen LogP contribution in [0.2, 0.25) is 0 Å². The summed E-state index contributed by atoms with van der Waals surface area (Å²) in [6, 6.07) is 21.1. The molecule has 0 atom stereocenters. The lowest BCUT2D eigenvalue weighted by molar-refractivity contribution is 0.111. The molecule has 0 spiro atoms. The molecule has 32 heavy (non-hydrogen) atoms. The maximum absolute atomic E-state index is 12.0. The summed E-state index contributed by atoms with van der Waals surface area (Å²) in [5.74, 6) is 0.362. The standard InChI is InChI=1S/C23H18N8O/c24-22(25)29-26-13-17-20(15-7-3-1-4-8-15)27-19-11-12-30-18(14-32)21(28-23(30)31(17)19)16-9-5-2-6-10-16/h1-14H,(H4,24,25,29)/b26-13+. The van der Waals surface area contributed by atoms with Crippen LogP contribution in [0.5, 0.6) is 0 Å². The Hall–Kier alpha value is -4.79. The van der Waals surface area contributed by atoms with Crippen LogP contribution in [0.25, 0.3) is 33.9 Å². The second-order valence-corrected chi connectivity index (χ2v) is 6.99. The highest BCUT2D eigenvalue weighted by atomic mass is 16.1. The Morgan fingerprint density at radius 1 is 0.844 bits per heavy atom. The number of nitrogens with zero attached hydrogens (tertiary/aromatic N) is 6. The second-order valence-electron chi connectivity index (χ2n) is 6.99. The van der Waals surface area contributed by atoms with E-state index in [2.05, 4.69) is 10.2 Å². The molecular weight excluding hydrogens is 404 g/mol. The number of imidazole rings is 2. The summed E-state index contributed by atoms with van der Waals surface area (Å²) in [6.07, 6.45) is 4.11. The Balaban J connectivity index is 1.85. The van der Waals surface area contributed by atoms with Crippen molar-refractivity contribution in [3.05, 3.63) is 84.3 Å². The van der Waals surface area contributed by atoms with Crippen LogP contribution in [0.4, 0.5) is 0 Å². The summed E-state index contributed by atoms with van der Waals surface area (Å²) in [7, 11) is 0. The molecule has 0 saturated carbocycles. The monoisotopic (exact) mass is 422 g/mol. The largest absolute Gasteiger partial charge is 0.369 e. The smallest absolute Gasteiger partial charge is 0.221 e. The highest BCUT2D eigenvalue weighted by Gasteiger charge is 2.20. The lowest BCUT2D eigenvalue weighted by Crippen LogP contribution is -2.21. The molecule has 0 aliphatic rings. The molecule has 0 unspecified atom stereocenters. The van der Waals surface area contributed by atoms with E-state index in [9.17, 15) is 4.79 Å². The third-order valence-electron chi connectivity index (χ3n) is 5.00. The number of hydrogen-bond acceptors (Lipinski definition) is 5. The summed E-state index contributed by atoms with van der Waals surface area (Å²) >= 11 is 0. The van der Waals surface area contributed by atoms with Crippen LogP contribution in [-0.4, -0.2) is 37.2 Å². The van der Waals surface area contributed by atoms with Gasteiger partial charge < -0.3 is 11.5 Å². The van der Waals surface area contributed by atoms with Crippen LogP contribution >= 0.6 is 0 Å². The van der Waals surface area contributed by atoms with Crippen LogP contribution < -0.4 is 11.5 Å². The predicted molar refractivity (Wildman–Crippen MR) is 124 cm³/mol. The van der Waals surface area contributed by atoms with Crippen molar-refractivity contribution in [2.45, 2.75) is 0 Å². The van der Waals surface area contributed by atoms with Gasteiger partial charge in [-0.15, -0.1) is 5.10 Å². The van der Waals surface area contributed by atoms with E-state index in [1.165, 1.54) is 6.21 Å². The molecule has 0 fully saturated rings. The van der Waals surface area contributed by atoms with Crippen molar-refractivity contribution < 1.29 is 4.79 Å². The molecule has 0 aliphatic heterocycles. The van der Waals surface area contributed by atoms with Crippen LogP contribution in [-0.2, 0) is 0 Å². The quantitative estimate of drug-likeness (QED) is 0.195. The van der Waals surface area contributed by atoms with Crippen LogP contribution in [0, 0.1) is 0 Å². The number of carbonyl (C=O) groups is 1. The fraction of sp³-hybridized carbons (Fsp3) is 0. The molecule has 2 aromatic carbocycles. The van der Waals surface area contributed by atoms with Gasteiger partial charge in [-0.05, 0) is 6.07 Å². The minimum Gasteiger partial charge on any atom is -0.369 e. The minimum absolute atomic E-state index is 0.156. The number of aldehydes is 1. The Morgan fingerprint density at radius 2 is 1.47 bits per heavy atom. The minimum atomic E-state index is -0.156. The summed E-state index contributed by atoms with van der Waals surface area (Å²) < 4.78 is 3.56. The van der Waals surface area contributed by atoms with E-state index < -0.39 is 0 Å². The molecule has 3 heterocycles. The maximum Gasteiger partial charge on any atom is 0.221 e. The summed E-state index contributed by atoms with van der Waals surface area (Å²) in [6.45, 7) is 0. The van der Waals surface area contributed by atoms with Crippen molar-refractivity contribution >= 4 is 29.9 Å². The van der Waals surface area contributed by atoms with Gasteiger partial charge in [0.15, 0.2) is 6.29 Å². The second kappa shape index (κ2) is 7.80. The zero-order chi connectivity index (χ0) is 22.1. The average Bonchev–Trinajstić information content (AvgIpc) is 3.38. The van der Waals surface area contributed by atoms with Crippen molar-refractivity contribution in [3.63, 3.8) is 0 Å². The molecule has 3 aromatic heterocycles. The zero-order valence-electron chi connectivity index (χ0n) is 16.8. The van der Waals surface area contributed by atoms with E-state index in [4.69, 9.17) is 21.4 Å². The molecule has 0 radical (unpaired) electrons. The number of fused-ring (bicyclic) bond motifs is 3. The Morgan fingerprint density at radius 3 is 2.06 bits per heavy atom. The molecule has 5 rings (SSSR count). The third-order valence-corrected chi connectivity index (χ3v) is 5.00. The Labute approximate surface area is 182 Å². The lowest BCUT2D eigenvalue weighted by Gasteiger charge is -2.02. The molecular formula is C23H18N8O. The first-order chi connectivity index (χ1) is 15.7. The van der Waals surface area contributed by atoms with Crippen LogP contribution in [0.1, 0.15) is 16.2 Å². The van der Waals surface area contributed by atoms with Gasteiger partial charge in [0, 0.05) is 17.3 Å². The lowest BCUT2D eigenvalue weighted by atomic mass is 10.1. The molecule has 0 bridgehead atoms. The molecule has 156 valence electrons. The zero-order valence-corrected chi connectivity index (χ0v) is 16.8. The normalized spacial score (nSPS) is 11.4. The SMILES string of the molecule is NC(N)=N/N=C/c1c(-c2ccccc2)nc2ccn3c(C=O)c(-c4ccccc4)nc3n12. The molecule has 0 saturated heterocycles. The van der Waals surface area contributed by atoms with Crippen LogP contribution in [0.15, 0.2) is 83.1 Å².